The van der Waals surface area contributed by atoms with Gasteiger partial charge >= 0.3 is 18.2 Å². The predicted octanol–water partition coefficient (Wildman–Crippen LogP) is 6.43. The number of carboxylic acid groups (broad SMARTS) is 1. The third-order valence-corrected chi connectivity index (χ3v) is 7.45. The van der Waals surface area contributed by atoms with Crippen LogP contribution in [0.15, 0.2) is 48.5 Å². The number of fused-ring (bicyclic) bond motifs is 3. The number of nitrogens with zero attached hydrogens (tertiary/aromatic N) is 1. The first-order valence-corrected chi connectivity index (χ1v) is 13.8. The molecule has 0 radical (unpaired) electrons. The number of hydrogen-bond acceptors (Lipinski definition) is 5. The van der Waals surface area contributed by atoms with Gasteiger partial charge in [-0.15, -0.1) is 0 Å². The average molecular weight is 539 g/mol. The van der Waals surface area contributed by atoms with Gasteiger partial charge in [0.2, 0.25) is 0 Å². The Kier molecular flexibility index (Phi) is 10.0. The van der Waals surface area contributed by atoms with E-state index in [0.29, 0.717) is 32.4 Å². The van der Waals surface area contributed by atoms with E-state index in [1.807, 2.05) is 38.1 Å². The van der Waals surface area contributed by atoms with Crippen molar-refractivity contribution in [2.75, 3.05) is 26.2 Å². The van der Waals surface area contributed by atoms with Crippen LogP contribution >= 0.6 is 0 Å². The molecular formula is C31H42N2O6. The van der Waals surface area contributed by atoms with Crippen LogP contribution in [-0.4, -0.2) is 60.0 Å². The Morgan fingerprint density at radius 3 is 2.03 bits per heavy atom. The molecule has 0 aliphatic heterocycles. The smallest absolute Gasteiger partial charge is 0.409 e. The molecule has 2 aromatic rings. The quantitative estimate of drug-likeness (QED) is 0.322. The van der Waals surface area contributed by atoms with Gasteiger partial charge in [-0.1, -0.05) is 62.4 Å². The number of carbonyl (C=O) groups excluding carboxylic acids is 2. The summed E-state index contributed by atoms with van der Waals surface area (Å²) in [5, 5.41) is 12.0. The average Bonchev–Trinajstić information content (AvgIpc) is 3.21. The molecule has 0 heterocycles. The molecule has 8 heteroatoms. The summed E-state index contributed by atoms with van der Waals surface area (Å²) >= 11 is 0. The van der Waals surface area contributed by atoms with Gasteiger partial charge in [-0.2, -0.15) is 0 Å². The highest BCUT2D eigenvalue weighted by atomic mass is 16.6. The van der Waals surface area contributed by atoms with Gasteiger partial charge in [0.1, 0.15) is 12.2 Å². The predicted molar refractivity (Wildman–Crippen MR) is 151 cm³/mol. The lowest BCUT2D eigenvalue weighted by atomic mass is 9.81. The molecule has 2 aromatic carbocycles. The number of ether oxygens (including phenoxy) is 2. The van der Waals surface area contributed by atoms with Crippen LogP contribution in [0, 0.1) is 5.41 Å². The van der Waals surface area contributed by atoms with Crippen molar-refractivity contribution in [1.29, 1.82) is 0 Å². The van der Waals surface area contributed by atoms with E-state index in [1.165, 1.54) is 0 Å². The summed E-state index contributed by atoms with van der Waals surface area (Å²) < 4.78 is 11.3. The molecule has 0 atom stereocenters. The van der Waals surface area contributed by atoms with E-state index in [2.05, 4.69) is 29.6 Å². The number of alkyl carbamates (subject to hydrolysis) is 1. The largest absolute Gasteiger partial charge is 0.481 e. The molecule has 212 valence electrons. The van der Waals surface area contributed by atoms with E-state index < -0.39 is 29.2 Å². The summed E-state index contributed by atoms with van der Waals surface area (Å²) in [6.45, 7) is 10.5. The Morgan fingerprint density at radius 2 is 1.51 bits per heavy atom. The van der Waals surface area contributed by atoms with Gasteiger partial charge < -0.3 is 24.8 Å². The lowest BCUT2D eigenvalue weighted by molar-refractivity contribution is -0.137. The number of hydrogen-bond donors (Lipinski definition) is 2. The van der Waals surface area contributed by atoms with E-state index in [4.69, 9.17) is 14.6 Å². The molecular weight excluding hydrogens is 496 g/mol. The minimum absolute atomic E-state index is 0.0471. The van der Waals surface area contributed by atoms with Crippen molar-refractivity contribution in [3.63, 3.8) is 0 Å². The van der Waals surface area contributed by atoms with Crippen molar-refractivity contribution < 1.29 is 29.0 Å². The van der Waals surface area contributed by atoms with Gasteiger partial charge in [0.05, 0.1) is 0 Å². The number of benzene rings is 2. The lowest BCUT2D eigenvalue weighted by Gasteiger charge is -2.37. The molecule has 1 aliphatic rings. The van der Waals surface area contributed by atoms with Crippen molar-refractivity contribution in [2.24, 2.45) is 5.41 Å². The summed E-state index contributed by atoms with van der Waals surface area (Å²) in [5.41, 5.74) is 3.51. The molecule has 39 heavy (non-hydrogen) atoms. The summed E-state index contributed by atoms with van der Waals surface area (Å²) in [4.78, 5) is 38.6. The summed E-state index contributed by atoms with van der Waals surface area (Å²) in [6, 6.07) is 16.3. The van der Waals surface area contributed by atoms with Gasteiger partial charge in [-0.25, -0.2) is 9.59 Å². The van der Waals surface area contributed by atoms with Gasteiger partial charge in [0.15, 0.2) is 0 Å². The molecule has 0 saturated carbocycles. The topological polar surface area (TPSA) is 105 Å². The Morgan fingerprint density at radius 1 is 0.949 bits per heavy atom. The first-order chi connectivity index (χ1) is 18.5. The van der Waals surface area contributed by atoms with Crippen LogP contribution in [0.5, 0.6) is 0 Å². The maximum absolute atomic E-state index is 13.5. The van der Waals surface area contributed by atoms with E-state index in [1.54, 1.807) is 25.7 Å². The Bertz CT molecular complexity index is 1110. The highest BCUT2D eigenvalue weighted by Gasteiger charge is 2.34. The van der Waals surface area contributed by atoms with E-state index in [9.17, 15) is 14.4 Å². The van der Waals surface area contributed by atoms with Crippen molar-refractivity contribution >= 4 is 18.2 Å². The zero-order valence-electron chi connectivity index (χ0n) is 23.8. The number of rotatable bonds is 12. The maximum Gasteiger partial charge on any atom is 0.409 e. The van der Waals surface area contributed by atoms with Crippen LogP contribution in [0.1, 0.15) is 77.3 Å². The number of nitrogens with one attached hydrogen (secondary N) is 1. The molecule has 3 rings (SSSR count). The number of carbonyl (C=O) groups is 3. The molecule has 0 fully saturated rings. The van der Waals surface area contributed by atoms with E-state index in [0.717, 1.165) is 22.3 Å². The fourth-order valence-electron chi connectivity index (χ4n) is 5.10. The fourth-order valence-corrected chi connectivity index (χ4v) is 5.10. The standard InChI is InChI=1S/C31H42N2O6/c1-6-31(7-2,20-32-28(36)39-30(3,4)5)21-33(18-12-17-27(34)35)29(37)38-19-26-24-15-10-8-13-22(24)23-14-9-11-16-25(23)26/h8-11,13-16,26H,6-7,12,17-21H2,1-5H3,(H,32,36)(H,34,35). The first-order valence-electron chi connectivity index (χ1n) is 13.8. The van der Waals surface area contributed by atoms with E-state index >= 15 is 0 Å². The van der Waals surface area contributed by atoms with Crippen LogP contribution < -0.4 is 5.32 Å². The Balaban J connectivity index is 1.74. The molecule has 1 aliphatic carbocycles. The third-order valence-electron chi connectivity index (χ3n) is 7.45. The molecule has 2 N–H and O–H groups in total. The normalized spacial score (nSPS) is 12.8. The van der Waals surface area contributed by atoms with Crippen molar-refractivity contribution in [3.05, 3.63) is 59.7 Å². The van der Waals surface area contributed by atoms with Gasteiger partial charge in [0.25, 0.3) is 0 Å². The van der Waals surface area contributed by atoms with Gasteiger partial charge in [0, 0.05) is 37.4 Å². The maximum atomic E-state index is 13.5. The zero-order valence-corrected chi connectivity index (χ0v) is 23.8. The number of carboxylic acids is 1. The molecule has 8 nitrogen and oxygen atoms in total. The Hall–Kier alpha value is -3.55. The second-order valence-corrected chi connectivity index (χ2v) is 11.3. The van der Waals surface area contributed by atoms with Crippen LogP contribution in [-0.2, 0) is 14.3 Å². The molecule has 2 amide bonds. The molecule has 0 saturated heterocycles. The number of aliphatic carboxylic acids is 1. The van der Waals surface area contributed by atoms with Crippen molar-refractivity contribution in [3.8, 4) is 11.1 Å². The molecule has 0 aromatic heterocycles. The van der Waals surface area contributed by atoms with Crippen LogP contribution in [0.2, 0.25) is 0 Å². The molecule has 0 bridgehead atoms. The molecule has 0 spiro atoms. The van der Waals surface area contributed by atoms with E-state index in [-0.39, 0.29) is 25.5 Å². The van der Waals surface area contributed by atoms with Crippen molar-refractivity contribution in [1.82, 2.24) is 10.2 Å². The molecule has 0 unspecified atom stereocenters. The second kappa shape index (κ2) is 13.0. The second-order valence-electron chi connectivity index (χ2n) is 11.3. The fraction of sp³-hybridized carbons (Fsp3) is 0.516. The minimum atomic E-state index is -0.911. The minimum Gasteiger partial charge on any atom is -0.481 e. The summed E-state index contributed by atoms with van der Waals surface area (Å²) in [7, 11) is 0. The highest BCUT2D eigenvalue weighted by Crippen LogP contribution is 2.44. The summed E-state index contributed by atoms with van der Waals surface area (Å²) in [5.74, 6) is -0.982. The zero-order chi connectivity index (χ0) is 28.6. The van der Waals surface area contributed by atoms with Crippen LogP contribution in [0.3, 0.4) is 0 Å². The van der Waals surface area contributed by atoms with Crippen LogP contribution in [0.25, 0.3) is 11.1 Å². The van der Waals surface area contributed by atoms with Gasteiger partial charge in [-0.05, 0) is 62.3 Å². The SMILES string of the molecule is CCC(CC)(CNC(=O)OC(C)(C)C)CN(CCCC(=O)O)C(=O)OCC1c2ccccc2-c2ccccc21. The lowest BCUT2D eigenvalue weighted by Crippen LogP contribution is -2.48. The Labute approximate surface area is 231 Å². The first kappa shape index (κ1) is 30.0. The van der Waals surface area contributed by atoms with Gasteiger partial charge in [-0.3, -0.25) is 4.79 Å². The highest BCUT2D eigenvalue weighted by molar-refractivity contribution is 5.79. The third kappa shape index (κ3) is 7.97. The monoisotopic (exact) mass is 538 g/mol. The van der Waals surface area contributed by atoms with Crippen molar-refractivity contribution in [2.45, 2.75) is 71.8 Å². The van der Waals surface area contributed by atoms with Crippen LogP contribution in [0.4, 0.5) is 9.59 Å². The number of amides is 2. The summed E-state index contributed by atoms with van der Waals surface area (Å²) in [6.07, 6.45) is 0.673.